The van der Waals surface area contributed by atoms with E-state index in [0.717, 1.165) is 11.1 Å². The number of hydrogen-bond donors (Lipinski definition) is 2. The van der Waals surface area contributed by atoms with E-state index in [0.29, 0.717) is 15.0 Å². The predicted octanol–water partition coefficient (Wildman–Crippen LogP) is 3.83. The van der Waals surface area contributed by atoms with E-state index in [1.807, 2.05) is 0 Å². The van der Waals surface area contributed by atoms with E-state index in [1.54, 1.807) is 60.7 Å². The second kappa shape index (κ2) is 11.0. The maximum atomic E-state index is 13.0. The zero-order valence-corrected chi connectivity index (χ0v) is 22.0. The fraction of sp³-hybridized carbons (Fsp3) is 0.0370. The van der Waals surface area contributed by atoms with Crippen LogP contribution in [0.25, 0.3) is 0 Å². The number of rotatable bonds is 8. The summed E-state index contributed by atoms with van der Waals surface area (Å²) in [5.74, 6) is 0. The minimum absolute atomic E-state index is 0.0766. The second-order valence-electron chi connectivity index (χ2n) is 8.35. The lowest BCUT2D eigenvalue weighted by Crippen LogP contribution is -2.40. The molecule has 0 aliphatic heterocycles. The maximum absolute atomic E-state index is 13.0. The SMILES string of the molecule is NC(=O)N(c1ccc(Cc2ccc(N(C(N)=O)S(=O)(=O)c3ccccc3)cc2)cc1)S(=O)(=O)c1ccccc1. The number of urea groups is 2. The molecule has 4 N–H and O–H groups in total. The molecular weight excluding hydrogens is 540 g/mol. The predicted molar refractivity (Wildman–Crippen MR) is 147 cm³/mol. The highest BCUT2D eigenvalue weighted by atomic mass is 32.2. The average molecular weight is 565 g/mol. The van der Waals surface area contributed by atoms with Crippen LogP contribution in [0.1, 0.15) is 11.1 Å². The molecule has 0 fully saturated rings. The van der Waals surface area contributed by atoms with Crippen molar-refractivity contribution in [1.82, 2.24) is 0 Å². The van der Waals surface area contributed by atoms with Gasteiger partial charge in [-0.3, -0.25) is 0 Å². The number of benzene rings is 4. The van der Waals surface area contributed by atoms with E-state index in [-0.39, 0.29) is 21.2 Å². The van der Waals surface area contributed by atoms with Crippen LogP contribution in [0.3, 0.4) is 0 Å². The molecule has 0 radical (unpaired) electrons. The van der Waals surface area contributed by atoms with Crippen molar-refractivity contribution in [3.8, 4) is 0 Å². The summed E-state index contributed by atoms with van der Waals surface area (Å²) in [4.78, 5) is 24.0. The molecule has 0 saturated heterocycles. The second-order valence-corrected chi connectivity index (χ2v) is 11.9. The Bertz CT molecular complexity index is 1570. The number of nitrogens with zero attached hydrogens (tertiary/aromatic N) is 2. The summed E-state index contributed by atoms with van der Waals surface area (Å²) >= 11 is 0. The van der Waals surface area contributed by atoms with E-state index in [4.69, 9.17) is 11.5 Å². The molecule has 4 amide bonds. The van der Waals surface area contributed by atoms with Gasteiger partial charge in [0.25, 0.3) is 20.0 Å². The Morgan fingerprint density at radius 2 is 0.821 bits per heavy atom. The zero-order valence-electron chi connectivity index (χ0n) is 20.4. The Balaban J connectivity index is 1.55. The molecule has 0 unspecified atom stereocenters. The van der Waals surface area contributed by atoms with Crippen LogP contribution in [-0.2, 0) is 26.5 Å². The Morgan fingerprint density at radius 1 is 0.513 bits per heavy atom. The van der Waals surface area contributed by atoms with E-state index in [9.17, 15) is 26.4 Å². The number of carbonyl (C=O) groups excluding carboxylic acids is 2. The number of primary amides is 2. The molecule has 0 heterocycles. The average Bonchev–Trinajstić information content (AvgIpc) is 2.91. The Hall–Kier alpha value is -4.68. The number of carbonyl (C=O) groups is 2. The third-order valence-corrected chi connectivity index (χ3v) is 9.19. The highest BCUT2D eigenvalue weighted by molar-refractivity contribution is 7.94. The molecule has 4 aromatic carbocycles. The summed E-state index contributed by atoms with van der Waals surface area (Å²) in [6, 6.07) is 25.1. The summed E-state index contributed by atoms with van der Waals surface area (Å²) in [6.07, 6.45) is 0.393. The maximum Gasteiger partial charge on any atom is 0.333 e. The molecule has 0 atom stereocenters. The minimum atomic E-state index is -4.21. The Morgan fingerprint density at radius 3 is 1.10 bits per heavy atom. The first-order valence-corrected chi connectivity index (χ1v) is 14.4. The normalized spacial score (nSPS) is 11.5. The van der Waals surface area contributed by atoms with Crippen molar-refractivity contribution in [2.24, 2.45) is 11.5 Å². The molecule has 12 heteroatoms. The summed E-state index contributed by atoms with van der Waals surface area (Å²) in [5, 5.41) is 0. The first-order valence-electron chi connectivity index (χ1n) is 11.5. The molecule has 200 valence electrons. The highest BCUT2D eigenvalue weighted by Crippen LogP contribution is 2.27. The van der Waals surface area contributed by atoms with Gasteiger partial charge in [0, 0.05) is 0 Å². The van der Waals surface area contributed by atoms with Crippen molar-refractivity contribution >= 4 is 43.5 Å². The van der Waals surface area contributed by atoms with Crippen molar-refractivity contribution in [1.29, 1.82) is 0 Å². The van der Waals surface area contributed by atoms with Crippen LogP contribution >= 0.6 is 0 Å². The summed E-state index contributed by atoms with van der Waals surface area (Å²) < 4.78 is 53.0. The van der Waals surface area contributed by atoms with Crippen LogP contribution in [0.5, 0.6) is 0 Å². The summed E-state index contributed by atoms with van der Waals surface area (Å²) in [5.41, 5.74) is 12.5. The van der Waals surface area contributed by atoms with Crippen LogP contribution in [0.15, 0.2) is 119 Å². The molecule has 39 heavy (non-hydrogen) atoms. The van der Waals surface area contributed by atoms with E-state index in [2.05, 4.69) is 0 Å². The molecule has 10 nitrogen and oxygen atoms in total. The van der Waals surface area contributed by atoms with Crippen LogP contribution in [0.2, 0.25) is 0 Å². The molecular formula is C27H24N4O6S2. The van der Waals surface area contributed by atoms with Crippen molar-refractivity contribution in [2.75, 3.05) is 8.61 Å². The van der Waals surface area contributed by atoms with Gasteiger partial charge in [-0.05, 0) is 66.1 Å². The van der Waals surface area contributed by atoms with E-state index in [1.165, 1.54) is 48.5 Å². The van der Waals surface area contributed by atoms with Crippen molar-refractivity contribution in [3.63, 3.8) is 0 Å². The first kappa shape index (κ1) is 27.4. The van der Waals surface area contributed by atoms with Crippen molar-refractivity contribution < 1.29 is 26.4 Å². The van der Waals surface area contributed by atoms with Gasteiger partial charge in [0.05, 0.1) is 21.2 Å². The molecule has 0 aliphatic carbocycles. The number of nitrogens with two attached hydrogens (primary N) is 2. The molecule has 4 rings (SSSR count). The van der Waals surface area contributed by atoms with Gasteiger partial charge in [-0.2, -0.15) is 8.61 Å². The lowest BCUT2D eigenvalue weighted by atomic mass is 10.0. The lowest BCUT2D eigenvalue weighted by Gasteiger charge is -2.21. The van der Waals surface area contributed by atoms with Gasteiger partial charge in [-0.15, -0.1) is 0 Å². The van der Waals surface area contributed by atoms with E-state index < -0.39 is 32.1 Å². The molecule has 0 aromatic heterocycles. The monoisotopic (exact) mass is 564 g/mol. The Labute approximate surface area is 226 Å². The van der Waals surface area contributed by atoms with Crippen molar-refractivity contribution in [3.05, 3.63) is 120 Å². The number of sulfonamides is 2. The van der Waals surface area contributed by atoms with E-state index >= 15 is 0 Å². The van der Waals surface area contributed by atoms with Gasteiger partial charge < -0.3 is 11.5 Å². The summed E-state index contributed by atoms with van der Waals surface area (Å²) in [6.45, 7) is 0. The van der Waals surface area contributed by atoms with Gasteiger partial charge >= 0.3 is 12.1 Å². The van der Waals surface area contributed by atoms with Crippen molar-refractivity contribution in [2.45, 2.75) is 16.2 Å². The first-order chi connectivity index (χ1) is 18.5. The van der Waals surface area contributed by atoms with Gasteiger partial charge in [0.1, 0.15) is 0 Å². The van der Waals surface area contributed by atoms with Crippen LogP contribution in [0, 0.1) is 0 Å². The molecule has 0 aliphatic rings. The molecule has 0 spiro atoms. The fourth-order valence-corrected chi connectivity index (χ4v) is 6.59. The quantitative estimate of drug-likeness (QED) is 0.331. The third-order valence-electron chi connectivity index (χ3n) is 5.71. The molecule has 0 saturated carbocycles. The standard InChI is InChI=1S/C27H24N4O6S2/c28-26(32)30(38(34,35)24-7-3-1-4-8-24)22-15-11-20(12-16-22)19-21-13-17-23(18-14-21)31(27(29)33)39(36,37)25-9-5-2-6-10-25/h1-18H,19H2,(H2,28,32)(H2,29,33). The largest absolute Gasteiger partial charge is 0.350 e. The smallest absolute Gasteiger partial charge is 0.333 e. The summed E-state index contributed by atoms with van der Waals surface area (Å²) in [7, 11) is -8.42. The van der Waals surface area contributed by atoms with Gasteiger partial charge in [0.2, 0.25) is 0 Å². The lowest BCUT2D eigenvalue weighted by molar-refractivity contribution is 0.256. The van der Waals surface area contributed by atoms with Gasteiger partial charge in [-0.1, -0.05) is 60.7 Å². The topological polar surface area (TPSA) is 161 Å². The third kappa shape index (κ3) is 5.76. The number of hydrogen-bond acceptors (Lipinski definition) is 6. The van der Waals surface area contributed by atoms with Crippen LogP contribution < -0.4 is 20.1 Å². The minimum Gasteiger partial charge on any atom is -0.350 e. The van der Waals surface area contributed by atoms with Gasteiger partial charge in [0.15, 0.2) is 0 Å². The zero-order chi connectivity index (χ0) is 28.2. The van der Waals surface area contributed by atoms with Crippen LogP contribution in [0.4, 0.5) is 21.0 Å². The number of amides is 4. The Kier molecular flexibility index (Phi) is 7.70. The van der Waals surface area contributed by atoms with Gasteiger partial charge in [-0.25, -0.2) is 26.4 Å². The fourth-order valence-electron chi connectivity index (χ4n) is 3.90. The molecule has 0 bridgehead atoms. The molecule has 4 aromatic rings. The highest BCUT2D eigenvalue weighted by Gasteiger charge is 2.30. The van der Waals surface area contributed by atoms with Crippen LogP contribution in [-0.4, -0.2) is 28.9 Å². The number of anilines is 2.